The van der Waals surface area contributed by atoms with E-state index in [1.54, 1.807) is 6.92 Å². The molecule has 1 aromatic heterocycles. The highest BCUT2D eigenvalue weighted by Gasteiger charge is 2.27. The molecule has 2 N–H and O–H groups in total. The number of esters is 1. The summed E-state index contributed by atoms with van der Waals surface area (Å²) >= 11 is 1.39. The molecule has 9 nitrogen and oxygen atoms in total. The van der Waals surface area contributed by atoms with Crippen LogP contribution in [-0.4, -0.2) is 29.7 Å². The molecule has 10 heteroatoms. The van der Waals surface area contributed by atoms with E-state index in [0.717, 1.165) is 36.1 Å². The Labute approximate surface area is 170 Å². The summed E-state index contributed by atoms with van der Waals surface area (Å²) in [6.45, 7) is 2.00. The minimum Gasteiger partial charge on any atom is -0.462 e. The van der Waals surface area contributed by atoms with Crippen molar-refractivity contribution < 1.29 is 19.2 Å². The van der Waals surface area contributed by atoms with Crippen LogP contribution in [0.15, 0.2) is 29.4 Å². The van der Waals surface area contributed by atoms with Gasteiger partial charge in [0.15, 0.2) is 0 Å². The maximum Gasteiger partial charge on any atom is 0.341 e. The maximum absolute atomic E-state index is 12.4. The molecule has 2 aromatic rings. The summed E-state index contributed by atoms with van der Waals surface area (Å²) in [7, 11) is 0. The Bertz CT molecular complexity index is 952. The van der Waals surface area contributed by atoms with Gasteiger partial charge in [0.2, 0.25) is 0 Å². The second-order valence-corrected chi connectivity index (χ2v) is 7.41. The monoisotopic (exact) mass is 416 g/mol. The van der Waals surface area contributed by atoms with Gasteiger partial charge in [0.1, 0.15) is 5.00 Å². The SMILES string of the molecule is CCOC(=O)c1c(NC(=O)NN=Cc2ccc([N+](=O)[O-])cc2)sc2c1CCCC2. The zero-order valence-corrected chi connectivity index (χ0v) is 16.6. The fourth-order valence-corrected chi connectivity index (χ4v) is 4.32. The van der Waals surface area contributed by atoms with Crippen LogP contribution >= 0.6 is 11.3 Å². The number of hydrogen-bond acceptors (Lipinski definition) is 7. The number of amides is 2. The van der Waals surface area contributed by atoms with Crippen molar-refractivity contribution in [3.63, 3.8) is 0 Å². The van der Waals surface area contributed by atoms with E-state index in [2.05, 4.69) is 15.8 Å². The number of nitrogens with one attached hydrogen (secondary N) is 2. The lowest BCUT2D eigenvalue weighted by Gasteiger charge is -2.12. The first kappa shape index (κ1) is 20.5. The van der Waals surface area contributed by atoms with E-state index >= 15 is 0 Å². The molecule has 0 unspecified atom stereocenters. The number of hydrazone groups is 1. The number of anilines is 1. The molecule has 0 atom stereocenters. The topological polar surface area (TPSA) is 123 Å². The fraction of sp³-hybridized carbons (Fsp3) is 0.316. The van der Waals surface area contributed by atoms with Crippen molar-refractivity contribution in [1.29, 1.82) is 0 Å². The number of aryl methyl sites for hydroxylation is 1. The van der Waals surface area contributed by atoms with E-state index < -0.39 is 16.9 Å². The Morgan fingerprint density at radius 1 is 1.28 bits per heavy atom. The van der Waals surface area contributed by atoms with Crippen LogP contribution in [0.5, 0.6) is 0 Å². The number of nitro benzene ring substituents is 1. The third-order valence-electron chi connectivity index (χ3n) is 4.36. The molecular weight excluding hydrogens is 396 g/mol. The van der Waals surface area contributed by atoms with E-state index in [4.69, 9.17) is 4.74 Å². The molecule has 0 fully saturated rings. The molecule has 0 saturated carbocycles. The average Bonchev–Trinajstić information content (AvgIpc) is 3.06. The lowest BCUT2D eigenvalue weighted by Crippen LogP contribution is -2.25. The number of carbonyl (C=O) groups excluding carboxylic acids is 2. The summed E-state index contributed by atoms with van der Waals surface area (Å²) in [6, 6.07) is 5.15. The Kier molecular flexibility index (Phi) is 6.55. The quantitative estimate of drug-likeness (QED) is 0.320. The van der Waals surface area contributed by atoms with Gasteiger partial charge >= 0.3 is 12.0 Å². The Morgan fingerprint density at radius 3 is 2.69 bits per heavy atom. The number of non-ortho nitro benzene ring substituents is 1. The van der Waals surface area contributed by atoms with Gasteiger partial charge in [0.25, 0.3) is 5.69 Å². The number of thiophene rings is 1. The number of fused-ring (bicyclic) bond motifs is 1. The second kappa shape index (κ2) is 9.28. The number of rotatable bonds is 6. The molecule has 2 amide bonds. The zero-order valence-electron chi connectivity index (χ0n) is 15.8. The highest BCUT2D eigenvalue weighted by atomic mass is 32.1. The number of hydrogen-bond donors (Lipinski definition) is 2. The molecule has 3 rings (SSSR count). The third-order valence-corrected chi connectivity index (χ3v) is 5.57. The van der Waals surface area contributed by atoms with Crippen LogP contribution in [0, 0.1) is 10.1 Å². The zero-order chi connectivity index (χ0) is 20.8. The molecule has 1 aliphatic carbocycles. The van der Waals surface area contributed by atoms with Gasteiger partial charge in [0.05, 0.1) is 23.3 Å². The van der Waals surface area contributed by atoms with Crippen molar-refractivity contribution in [3.05, 3.63) is 55.9 Å². The Balaban J connectivity index is 1.68. The number of nitrogens with zero attached hydrogens (tertiary/aromatic N) is 2. The molecule has 0 radical (unpaired) electrons. The predicted molar refractivity (Wildman–Crippen MR) is 110 cm³/mol. The first-order chi connectivity index (χ1) is 14.0. The smallest absolute Gasteiger partial charge is 0.341 e. The molecule has 0 saturated heterocycles. The van der Waals surface area contributed by atoms with Gasteiger partial charge < -0.3 is 4.74 Å². The highest BCUT2D eigenvalue weighted by Crippen LogP contribution is 2.38. The molecule has 1 heterocycles. The van der Waals surface area contributed by atoms with Crippen molar-refractivity contribution in [2.45, 2.75) is 32.6 Å². The standard InChI is InChI=1S/C19H20N4O5S/c1-2-28-18(24)16-14-5-3-4-6-15(14)29-17(16)21-19(25)22-20-11-12-7-9-13(10-8-12)23(26)27/h7-11H,2-6H2,1H3,(H2,21,22,25). The molecule has 1 aromatic carbocycles. The van der Waals surface area contributed by atoms with Gasteiger partial charge in [-0.2, -0.15) is 5.10 Å². The minimum absolute atomic E-state index is 0.0268. The first-order valence-corrected chi connectivity index (χ1v) is 9.97. The van der Waals surface area contributed by atoms with E-state index in [9.17, 15) is 19.7 Å². The molecule has 0 bridgehead atoms. The molecule has 1 aliphatic rings. The summed E-state index contributed by atoms with van der Waals surface area (Å²) in [4.78, 5) is 35.9. The summed E-state index contributed by atoms with van der Waals surface area (Å²) in [5.41, 5.74) is 4.29. The highest BCUT2D eigenvalue weighted by molar-refractivity contribution is 7.17. The lowest BCUT2D eigenvalue weighted by atomic mass is 9.95. The van der Waals surface area contributed by atoms with Crippen molar-refractivity contribution in [3.8, 4) is 0 Å². The van der Waals surface area contributed by atoms with Crippen LogP contribution in [0.3, 0.4) is 0 Å². The van der Waals surface area contributed by atoms with Gasteiger partial charge in [-0.3, -0.25) is 15.4 Å². The van der Waals surface area contributed by atoms with Crippen molar-refractivity contribution in [2.24, 2.45) is 5.10 Å². The van der Waals surface area contributed by atoms with E-state index in [0.29, 0.717) is 16.1 Å². The predicted octanol–water partition coefficient (Wildman–Crippen LogP) is 3.87. The van der Waals surface area contributed by atoms with Crippen LogP contribution in [0.2, 0.25) is 0 Å². The van der Waals surface area contributed by atoms with E-state index in [1.807, 2.05) is 0 Å². The van der Waals surface area contributed by atoms with Crippen LogP contribution in [0.25, 0.3) is 0 Å². The summed E-state index contributed by atoms with van der Waals surface area (Å²) in [5.74, 6) is -0.434. The van der Waals surface area contributed by atoms with Crippen molar-refractivity contribution >= 4 is 40.2 Å². The van der Waals surface area contributed by atoms with Gasteiger partial charge in [-0.1, -0.05) is 0 Å². The molecule has 0 spiro atoms. The third kappa shape index (κ3) is 4.96. The number of benzene rings is 1. The summed E-state index contributed by atoms with van der Waals surface area (Å²) < 4.78 is 5.16. The van der Waals surface area contributed by atoms with Crippen molar-refractivity contribution in [1.82, 2.24) is 5.43 Å². The second-order valence-electron chi connectivity index (χ2n) is 6.31. The van der Waals surface area contributed by atoms with Gasteiger partial charge in [-0.15, -0.1) is 11.3 Å². The number of ether oxygens (including phenoxy) is 1. The Morgan fingerprint density at radius 2 is 2.00 bits per heavy atom. The largest absolute Gasteiger partial charge is 0.462 e. The average molecular weight is 416 g/mol. The number of urea groups is 1. The number of carbonyl (C=O) groups is 2. The van der Waals surface area contributed by atoms with Crippen molar-refractivity contribution in [2.75, 3.05) is 11.9 Å². The van der Waals surface area contributed by atoms with Gasteiger partial charge in [0, 0.05) is 17.0 Å². The van der Waals surface area contributed by atoms with Crippen LogP contribution in [0.4, 0.5) is 15.5 Å². The van der Waals surface area contributed by atoms with E-state index in [1.165, 1.54) is 41.8 Å². The first-order valence-electron chi connectivity index (χ1n) is 9.15. The maximum atomic E-state index is 12.4. The molecule has 29 heavy (non-hydrogen) atoms. The minimum atomic E-state index is -0.590. The Hall–Kier alpha value is -3.27. The lowest BCUT2D eigenvalue weighted by molar-refractivity contribution is -0.384. The molecular formula is C19H20N4O5S. The molecule has 0 aliphatic heterocycles. The summed E-state index contributed by atoms with van der Waals surface area (Å²) in [5, 5.41) is 17.6. The van der Waals surface area contributed by atoms with Crippen LogP contribution in [0.1, 0.15) is 46.1 Å². The number of nitro groups is 1. The van der Waals surface area contributed by atoms with Gasteiger partial charge in [-0.05, 0) is 55.9 Å². The van der Waals surface area contributed by atoms with E-state index in [-0.39, 0.29) is 12.3 Å². The summed E-state index contributed by atoms with van der Waals surface area (Å²) in [6.07, 6.45) is 5.10. The van der Waals surface area contributed by atoms with Gasteiger partial charge in [-0.25, -0.2) is 15.0 Å². The fourth-order valence-electron chi connectivity index (χ4n) is 3.05. The molecule has 152 valence electrons. The normalized spacial score (nSPS) is 13.0. The van der Waals surface area contributed by atoms with Crippen LogP contribution in [-0.2, 0) is 17.6 Å². The van der Waals surface area contributed by atoms with Crippen LogP contribution < -0.4 is 10.7 Å².